The Morgan fingerprint density at radius 2 is 2.35 bits per heavy atom. The van der Waals surface area contributed by atoms with Crippen molar-refractivity contribution in [3.63, 3.8) is 0 Å². The molecule has 5 heteroatoms. The van der Waals surface area contributed by atoms with Gasteiger partial charge in [0.05, 0.1) is 11.3 Å². The van der Waals surface area contributed by atoms with Crippen LogP contribution >= 0.6 is 0 Å². The Morgan fingerprint density at radius 3 is 2.88 bits per heavy atom. The Morgan fingerprint density at radius 1 is 1.53 bits per heavy atom. The molecular weight excluding hydrogens is 218 g/mol. The van der Waals surface area contributed by atoms with Crippen LogP contribution in [0.3, 0.4) is 0 Å². The fourth-order valence-electron chi connectivity index (χ4n) is 2.97. The number of fused-ring (bicyclic) bond motifs is 2. The summed E-state index contributed by atoms with van der Waals surface area (Å²) in [4.78, 5) is 21.6. The van der Waals surface area contributed by atoms with Crippen LogP contribution in [0.2, 0.25) is 0 Å². The predicted octanol–water partition coefficient (Wildman–Crippen LogP) is 1.47. The van der Waals surface area contributed by atoms with Gasteiger partial charge >= 0.3 is 5.97 Å². The average Bonchev–Trinajstić information content (AvgIpc) is 2.89. The van der Waals surface area contributed by atoms with Crippen molar-refractivity contribution in [2.45, 2.75) is 32.2 Å². The molecule has 90 valence electrons. The fourth-order valence-corrected chi connectivity index (χ4v) is 2.97. The highest BCUT2D eigenvalue weighted by molar-refractivity contribution is 5.88. The van der Waals surface area contributed by atoms with E-state index in [0.29, 0.717) is 17.7 Å². The van der Waals surface area contributed by atoms with Crippen molar-refractivity contribution in [3.05, 3.63) is 17.5 Å². The fraction of sp³-hybridized carbons (Fsp3) is 0.583. The van der Waals surface area contributed by atoms with Crippen molar-refractivity contribution in [1.29, 1.82) is 0 Å². The van der Waals surface area contributed by atoms with E-state index < -0.39 is 5.97 Å². The highest BCUT2D eigenvalue weighted by atomic mass is 16.4. The van der Waals surface area contributed by atoms with Crippen LogP contribution in [0.25, 0.3) is 0 Å². The Labute approximate surface area is 99.5 Å². The summed E-state index contributed by atoms with van der Waals surface area (Å²) in [6, 6.07) is 0.565. The molecule has 0 aromatic carbocycles. The molecule has 2 fully saturated rings. The first-order valence-corrected chi connectivity index (χ1v) is 5.98. The summed E-state index contributed by atoms with van der Waals surface area (Å²) in [7, 11) is 0. The largest absolute Gasteiger partial charge is 0.478 e. The molecule has 2 bridgehead atoms. The molecule has 1 aliphatic heterocycles. The Hall–Kier alpha value is -1.65. The number of aryl methyl sites for hydroxylation is 1. The minimum Gasteiger partial charge on any atom is -0.478 e. The zero-order valence-corrected chi connectivity index (χ0v) is 9.76. The summed E-state index contributed by atoms with van der Waals surface area (Å²) in [6.07, 6.45) is 5.19. The second-order valence-electron chi connectivity index (χ2n) is 4.96. The quantitative estimate of drug-likeness (QED) is 0.838. The zero-order valence-electron chi connectivity index (χ0n) is 9.76. The first-order chi connectivity index (χ1) is 8.15. The van der Waals surface area contributed by atoms with Gasteiger partial charge in [-0.05, 0) is 32.1 Å². The summed E-state index contributed by atoms with van der Waals surface area (Å²) >= 11 is 0. The number of rotatable bonds is 2. The van der Waals surface area contributed by atoms with Crippen molar-refractivity contribution in [2.75, 3.05) is 11.4 Å². The molecule has 2 heterocycles. The maximum absolute atomic E-state index is 10.9. The number of carbonyl (C=O) groups is 1. The molecule has 0 radical (unpaired) electrons. The SMILES string of the molecule is Cc1nc(N2CC3CCC2C3)ncc1C(=O)O. The minimum atomic E-state index is -0.961. The number of anilines is 1. The van der Waals surface area contributed by atoms with Gasteiger partial charge in [0, 0.05) is 18.8 Å². The normalized spacial score (nSPS) is 26.5. The van der Waals surface area contributed by atoms with E-state index in [1.165, 1.54) is 25.5 Å². The van der Waals surface area contributed by atoms with Crippen LogP contribution in [0.15, 0.2) is 6.20 Å². The highest BCUT2D eigenvalue weighted by Crippen LogP contribution is 2.38. The lowest BCUT2D eigenvalue weighted by atomic mass is 10.1. The van der Waals surface area contributed by atoms with E-state index in [-0.39, 0.29) is 5.56 Å². The molecule has 2 atom stereocenters. The van der Waals surface area contributed by atoms with Gasteiger partial charge in [-0.2, -0.15) is 0 Å². The average molecular weight is 233 g/mol. The molecule has 17 heavy (non-hydrogen) atoms. The second kappa shape index (κ2) is 3.68. The number of hydrogen-bond donors (Lipinski definition) is 1. The summed E-state index contributed by atoms with van der Waals surface area (Å²) in [5, 5.41) is 8.93. The lowest BCUT2D eigenvalue weighted by Crippen LogP contribution is -2.33. The Bertz CT molecular complexity index is 475. The molecule has 2 aliphatic rings. The first kappa shape index (κ1) is 10.5. The number of hydrogen-bond acceptors (Lipinski definition) is 4. The molecule has 5 nitrogen and oxygen atoms in total. The maximum Gasteiger partial charge on any atom is 0.339 e. The molecule has 1 saturated heterocycles. The molecular formula is C12H15N3O2. The van der Waals surface area contributed by atoms with E-state index in [0.717, 1.165) is 12.5 Å². The minimum absolute atomic E-state index is 0.193. The van der Waals surface area contributed by atoms with Crippen LogP contribution in [-0.4, -0.2) is 33.6 Å². The van der Waals surface area contributed by atoms with E-state index in [4.69, 9.17) is 5.11 Å². The summed E-state index contributed by atoms with van der Waals surface area (Å²) < 4.78 is 0. The van der Waals surface area contributed by atoms with Gasteiger partial charge in [-0.15, -0.1) is 0 Å². The Balaban J connectivity index is 1.89. The third-order valence-corrected chi connectivity index (χ3v) is 3.86. The predicted molar refractivity (Wildman–Crippen MR) is 62.2 cm³/mol. The smallest absolute Gasteiger partial charge is 0.339 e. The standard InChI is InChI=1S/C12H15N3O2/c1-7-10(11(16)17)5-13-12(14-7)15-6-8-2-3-9(15)4-8/h5,8-9H,2-4,6H2,1H3,(H,16,17). The van der Waals surface area contributed by atoms with E-state index in [1.807, 2.05) is 0 Å². The third-order valence-electron chi connectivity index (χ3n) is 3.86. The zero-order chi connectivity index (χ0) is 12.0. The van der Waals surface area contributed by atoms with Gasteiger partial charge in [0.1, 0.15) is 0 Å². The van der Waals surface area contributed by atoms with Gasteiger partial charge in [-0.25, -0.2) is 14.8 Å². The monoisotopic (exact) mass is 233 g/mol. The molecule has 1 aliphatic carbocycles. The van der Waals surface area contributed by atoms with Crippen LogP contribution in [0.5, 0.6) is 0 Å². The van der Waals surface area contributed by atoms with Crippen LogP contribution in [0, 0.1) is 12.8 Å². The topological polar surface area (TPSA) is 66.3 Å². The van der Waals surface area contributed by atoms with Crippen molar-refractivity contribution in [2.24, 2.45) is 5.92 Å². The number of carboxylic acid groups (broad SMARTS) is 1. The molecule has 3 rings (SSSR count). The summed E-state index contributed by atoms with van der Waals surface area (Å²) in [5.41, 5.74) is 0.739. The molecule has 2 unspecified atom stereocenters. The molecule has 1 saturated carbocycles. The van der Waals surface area contributed by atoms with Crippen LogP contribution in [0.1, 0.15) is 35.3 Å². The van der Waals surface area contributed by atoms with Crippen molar-refractivity contribution in [3.8, 4) is 0 Å². The molecule has 1 aromatic heterocycles. The Kier molecular flexibility index (Phi) is 2.28. The lowest BCUT2D eigenvalue weighted by Gasteiger charge is -2.27. The molecule has 0 amide bonds. The van der Waals surface area contributed by atoms with Crippen LogP contribution in [0.4, 0.5) is 5.95 Å². The first-order valence-electron chi connectivity index (χ1n) is 5.98. The van der Waals surface area contributed by atoms with Gasteiger partial charge in [-0.1, -0.05) is 0 Å². The second-order valence-corrected chi connectivity index (χ2v) is 4.96. The summed E-state index contributed by atoms with van der Waals surface area (Å²) in [6.45, 7) is 2.75. The molecule has 0 spiro atoms. The van der Waals surface area contributed by atoms with E-state index in [1.54, 1.807) is 6.92 Å². The van der Waals surface area contributed by atoms with Gasteiger partial charge in [-0.3, -0.25) is 0 Å². The van der Waals surface area contributed by atoms with Crippen LogP contribution < -0.4 is 4.90 Å². The lowest BCUT2D eigenvalue weighted by molar-refractivity contribution is 0.0695. The van der Waals surface area contributed by atoms with Crippen molar-refractivity contribution in [1.82, 2.24) is 9.97 Å². The number of aromatic nitrogens is 2. The summed E-state index contributed by atoms with van der Waals surface area (Å²) in [5.74, 6) is 0.514. The van der Waals surface area contributed by atoms with E-state index in [2.05, 4.69) is 14.9 Å². The van der Waals surface area contributed by atoms with Gasteiger partial charge in [0.25, 0.3) is 0 Å². The van der Waals surface area contributed by atoms with Gasteiger partial charge < -0.3 is 10.0 Å². The van der Waals surface area contributed by atoms with Gasteiger partial charge in [0.2, 0.25) is 5.95 Å². The van der Waals surface area contributed by atoms with Crippen molar-refractivity contribution >= 4 is 11.9 Å². The number of piperidine rings is 1. The maximum atomic E-state index is 10.9. The molecule has 1 aromatic rings. The van der Waals surface area contributed by atoms with Crippen molar-refractivity contribution < 1.29 is 9.90 Å². The number of carboxylic acids is 1. The third kappa shape index (κ3) is 1.66. The number of nitrogens with zero attached hydrogens (tertiary/aromatic N) is 3. The van der Waals surface area contributed by atoms with E-state index in [9.17, 15) is 4.79 Å². The number of aromatic carboxylic acids is 1. The highest BCUT2D eigenvalue weighted by Gasteiger charge is 2.39. The van der Waals surface area contributed by atoms with Crippen LogP contribution in [-0.2, 0) is 0 Å². The van der Waals surface area contributed by atoms with Gasteiger partial charge in [0.15, 0.2) is 0 Å². The molecule has 1 N–H and O–H groups in total. The van der Waals surface area contributed by atoms with E-state index >= 15 is 0 Å².